The number of ether oxygens (including phenoxy) is 2. The standard InChI is InChI=1S/C31H35N3O3/c1-22-13-15-24(16-14-22)31(35)34(21-26-10-5-6-12-29(26)37-4)18-8-9-23(2)33-28-20-27(36-3)19-25-11-7-17-32-30(25)28/h5-7,10-17,19-20,23,33H,8-9,18,21H2,1-4H3. The van der Waals surface area contributed by atoms with Crippen LogP contribution in [0, 0.1) is 6.92 Å². The molecule has 1 heterocycles. The van der Waals surface area contributed by atoms with Crippen molar-refractivity contribution in [1.82, 2.24) is 9.88 Å². The zero-order chi connectivity index (χ0) is 26.2. The molecule has 6 nitrogen and oxygen atoms in total. The number of hydrogen-bond donors (Lipinski definition) is 1. The number of para-hydroxylation sites is 1. The zero-order valence-corrected chi connectivity index (χ0v) is 22.0. The molecule has 192 valence electrons. The normalized spacial score (nSPS) is 11.7. The Balaban J connectivity index is 1.46. The maximum atomic E-state index is 13.5. The van der Waals surface area contributed by atoms with Gasteiger partial charge in [0.05, 0.1) is 25.4 Å². The van der Waals surface area contributed by atoms with Crippen molar-refractivity contribution in [2.75, 3.05) is 26.1 Å². The SMILES string of the molecule is COc1cc(NC(C)CCCN(Cc2ccccc2OC)C(=O)c2ccc(C)cc2)c2ncccc2c1. The van der Waals surface area contributed by atoms with E-state index in [1.165, 1.54) is 0 Å². The number of fused-ring (bicyclic) bond motifs is 1. The highest BCUT2D eigenvalue weighted by Crippen LogP contribution is 2.28. The van der Waals surface area contributed by atoms with E-state index in [4.69, 9.17) is 9.47 Å². The third kappa shape index (κ3) is 6.58. The van der Waals surface area contributed by atoms with Crippen LogP contribution in [0.5, 0.6) is 11.5 Å². The first-order valence-electron chi connectivity index (χ1n) is 12.7. The molecule has 0 saturated carbocycles. The van der Waals surface area contributed by atoms with E-state index < -0.39 is 0 Å². The third-order valence-electron chi connectivity index (χ3n) is 6.52. The maximum Gasteiger partial charge on any atom is 0.254 e. The van der Waals surface area contributed by atoms with Gasteiger partial charge in [-0.1, -0.05) is 42.0 Å². The highest BCUT2D eigenvalue weighted by Gasteiger charge is 2.18. The van der Waals surface area contributed by atoms with Gasteiger partial charge in [0, 0.05) is 47.9 Å². The number of aryl methyl sites for hydroxylation is 1. The topological polar surface area (TPSA) is 63.7 Å². The van der Waals surface area contributed by atoms with Gasteiger partial charge >= 0.3 is 0 Å². The average molecular weight is 498 g/mol. The summed E-state index contributed by atoms with van der Waals surface area (Å²) in [6.07, 6.45) is 3.53. The highest BCUT2D eigenvalue weighted by molar-refractivity contribution is 5.94. The van der Waals surface area contributed by atoms with Crippen LogP contribution in [0.25, 0.3) is 10.9 Å². The lowest BCUT2D eigenvalue weighted by Gasteiger charge is -2.25. The van der Waals surface area contributed by atoms with Crippen molar-refractivity contribution in [2.45, 2.75) is 39.3 Å². The summed E-state index contributed by atoms with van der Waals surface area (Å²) in [4.78, 5) is 20.0. The molecule has 1 N–H and O–H groups in total. The number of hydrogen-bond acceptors (Lipinski definition) is 5. The molecule has 0 aliphatic rings. The molecule has 6 heteroatoms. The molecule has 0 spiro atoms. The summed E-state index contributed by atoms with van der Waals surface area (Å²) in [5.74, 6) is 1.60. The summed E-state index contributed by atoms with van der Waals surface area (Å²) >= 11 is 0. The molecular formula is C31H35N3O3. The Morgan fingerprint density at radius 2 is 1.78 bits per heavy atom. The largest absolute Gasteiger partial charge is 0.497 e. The number of nitrogens with zero attached hydrogens (tertiary/aromatic N) is 2. The number of amides is 1. The lowest BCUT2D eigenvalue weighted by atomic mass is 10.1. The van der Waals surface area contributed by atoms with Crippen molar-refractivity contribution in [3.05, 3.63) is 95.7 Å². The Labute approximate surface area is 219 Å². The minimum atomic E-state index is 0.0227. The van der Waals surface area contributed by atoms with E-state index in [-0.39, 0.29) is 11.9 Å². The number of carbonyl (C=O) groups is 1. The zero-order valence-electron chi connectivity index (χ0n) is 22.0. The molecule has 1 atom stereocenters. The van der Waals surface area contributed by atoms with Crippen LogP contribution in [0.3, 0.4) is 0 Å². The van der Waals surface area contributed by atoms with Gasteiger partial charge in [0.1, 0.15) is 11.5 Å². The van der Waals surface area contributed by atoms with E-state index in [0.717, 1.165) is 52.1 Å². The summed E-state index contributed by atoms with van der Waals surface area (Å²) < 4.78 is 11.0. The van der Waals surface area contributed by atoms with Gasteiger partial charge in [0.25, 0.3) is 5.91 Å². The van der Waals surface area contributed by atoms with Gasteiger partial charge in [-0.15, -0.1) is 0 Å². The summed E-state index contributed by atoms with van der Waals surface area (Å²) in [7, 11) is 3.33. The summed E-state index contributed by atoms with van der Waals surface area (Å²) in [5.41, 5.74) is 4.69. The molecule has 0 radical (unpaired) electrons. The van der Waals surface area contributed by atoms with Crippen LogP contribution in [0.2, 0.25) is 0 Å². The molecular weight excluding hydrogens is 462 g/mol. The number of aromatic nitrogens is 1. The van der Waals surface area contributed by atoms with Gasteiger partial charge < -0.3 is 19.7 Å². The van der Waals surface area contributed by atoms with Gasteiger partial charge in [0.2, 0.25) is 0 Å². The highest BCUT2D eigenvalue weighted by atomic mass is 16.5. The second kappa shape index (κ2) is 12.3. The molecule has 0 bridgehead atoms. The molecule has 0 aliphatic heterocycles. The van der Waals surface area contributed by atoms with Gasteiger partial charge in [-0.25, -0.2) is 0 Å². The first kappa shape index (κ1) is 26.0. The molecule has 0 saturated heterocycles. The quantitative estimate of drug-likeness (QED) is 0.257. The minimum absolute atomic E-state index is 0.0227. The van der Waals surface area contributed by atoms with Crippen LogP contribution >= 0.6 is 0 Å². The Morgan fingerprint density at radius 3 is 2.54 bits per heavy atom. The van der Waals surface area contributed by atoms with Crippen molar-refractivity contribution < 1.29 is 14.3 Å². The van der Waals surface area contributed by atoms with Crippen molar-refractivity contribution in [3.8, 4) is 11.5 Å². The molecule has 37 heavy (non-hydrogen) atoms. The van der Waals surface area contributed by atoms with Crippen LogP contribution in [0.1, 0.15) is 41.3 Å². The van der Waals surface area contributed by atoms with E-state index in [0.29, 0.717) is 18.7 Å². The lowest BCUT2D eigenvalue weighted by molar-refractivity contribution is 0.0738. The van der Waals surface area contributed by atoms with E-state index in [9.17, 15) is 4.79 Å². The van der Waals surface area contributed by atoms with Crippen LogP contribution in [-0.2, 0) is 6.54 Å². The van der Waals surface area contributed by atoms with Crippen LogP contribution in [-0.4, -0.2) is 42.6 Å². The van der Waals surface area contributed by atoms with Crippen molar-refractivity contribution in [3.63, 3.8) is 0 Å². The molecule has 1 amide bonds. The fraction of sp³-hybridized carbons (Fsp3) is 0.290. The smallest absolute Gasteiger partial charge is 0.254 e. The number of methoxy groups -OCH3 is 2. The Hall–Kier alpha value is -4.06. The first-order chi connectivity index (χ1) is 18.0. The number of rotatable bonds is 11. The molecule has 0 aliphatic carbocycles. The van der Waals surface area contributed by atoms with E-state index in [1.54, 1.807) is 20.4 Å². The van der Waals surface area contributed by atoms with E-state index in [1.807, 2.05) is 84.6 Å². The molecule has 0 fully saturated rings. The maximum absolute atomic E-state index is 13.5. The second-order valence-corrected chi connectivity index (χ2v) is 9.34. The fourth-order valence-corrected chi connectivity index (χ4v) is 4.49. The number of nitrogens with one attached hydrogen (secondary N) is 1. The van der Waals surface area contributed by atoms with Gasteiger partial charge in [-0.2, -0.15) is 0 Å². The van der Waals surface area contributed by atoms with Gasteiger partial charge in [0.15, 0.2) is 0 Å². The Morgan fingerprint density at radius 1 is 1.00 bits per heavy atom. The molecule has 3 aromatic carbocycles. The predicted molar refractivity (Wildman–Crippen MR) is 150 cm³/mol. The number of anilines is 1. The third-order valence-corrected chi connectivity index (χ3v) is 6.52. The van der Waals surface area contributed by atoms with Gasteiger partial charge in [-0.05, 0) is 57.0 Å². The molecule has 4 rings (SSSR count). The minimum Gasteiger partial charge on any atom is -0.497 e. The summed E-state index contributed by atoms with van der Waals surface area (Å²) in [6.45, 7) is 5.30. The molecule has 4 aromatic rings. The number of carbonyl (C=O) groups excluding carboxylic acids is 1. The summed E-state index contributed by atoms with van der Waals surface area (Å²) in [6, 6.07) is 23.7. The van der Waals surface area contributed by atoms with Crippen molar-refractivity contribution in [1.29, 1.82) is 0 Å². The Kier molecular flexibility index (Phi) is 8.62. The molecule has 1 aromatic heterocycles. The Bertz CT molecular complexity index is 1340. The van der Waals surface area contributed by atoms with Crippen molar-refractivity contribution in [2.24, 2.45) is 0 Å². The van der Waals surface area contributed by atoms with Crippen molar-refractivity contribution >= 4 is 22.5 Å². The molecule has 1 unspecified atom stereocenters. The summed E-state index contributed by atoms with van der Waals surface area (Å²) in [5, 5.41) is 4.63. The van der Waals surface area contributed by atoms with E-state index >= 15 is 0 Å². The monoisotopic (exact) mass is 497 g/mol. The van der Waals surface area contributed by atoms with E-state index in [2.05, 4.69) is 17.2 Å². The first-order valence-corrected chi connectivity index (χ1v) is 12.7. The van der Waals surface area contributed by atoms with Crippen LogP contribution in [0.15, 0.2) is 79.0 Å². The van der Waals surface area contributed by atoms with Crippen LogP contribution < -0.4 is 14.8 Å². The lowest BCUT2D eigenvalue weighted by Crippen LogP contribution is -2.32. The predicted octanol–water partition coefficient (Wildman–Crippen LogP) is 6.48. The fourth-order valence-electron chi connectivity index (χ4n) is 4.49. The van der Waals surface area contributed by atoms with Crippen LogP contribution in [0.4, 0.5) is 5.69 Å². The second-order valence-electron chi connectivity index (χ2n) is 9.34. The average Bonchev–Trinajstić information content (AvgIpc) is 2.92. The number of benzene rings is 3. The van der Waals surface area contributed by atoms with Gasteiger partial charge in [-0.3, -0.25) is 9.78 Å². The number of pyridine rings is 1.